The van der Waals surface area contributed by atoms with E-state index in [2.05, 4.69) is 5.32 Å². The molecule has 4 heteroatoms. The fourth-order valence-electron chi connectivity index (χ4n) is 2.63. The molecule has 4 nitrogen and oxygen atoms in total. The Morgan fingerprint density at radius 1 is 1.40 bits per heavy atom. The fraction of sp³-hybridized carbons (Fsp3) is 0.500. The van der Waals surface area contributed by atoms with E-state index >= 15 is 0 Å². The first-order chi connectivity index (χ1) is 9.61. The Bertz CT molecular complexity index is 499. The number of hydrogen-bond acceptors (Lipinski definition) is 3. The molecule has 1 heterocycles. The zero-order chi connectivity index (χ0) is 14.5. The molecule has 0 aromatic heterocycles. The second-order valence-corrected chi connectivity index (χ2v) is 5.47. The molecule has 1 atom stereocenters. The van der Waals surface area contributed by atoms with Crippen LogP contribution in [-0.2, 0) is 9.59 Å². The maximum Gasteiger partial charge on any atom is 0.238 e. The van der Waals surface area contributed by atoms with Crippen LogP contribution in [-0.4, -0.2) is 36.2 Å². The number of anilines is 1. The van der Waals surface area contributed by atoms with Crippen LogP contribution < -0.4 is 5.32 Å². The third-order valence-electron chi connectivity index (χ3n) is 4.05. The predicted octanol–water partition coefficient (Wildman–Crippen LogP) is 2.30. The van der Waals surface area contributed by atoms with Gasteiger partial charge in [0.25, 0.3) is 0 Å². The summed E-state index contributed by atoms with van der Waals surface area (Å²) in [6.45, 7) is 5.14. The van der Waals surface area contributed by atoms with Crippen molar-refractivity contribution in [2.45, 2.75) is 39.2 Å². The van der Waals surface area contributed by atoms with Gasteiger partial charge in [0, 0.05) is 5.69 Å². The second-order valence-electron chi connectivity index (χ2n) is 5.47. The summed E-state index contributed by atoms with van der Waals surface area (Å²) in [5.74, 6) is -0.0487. The molecule has 1 saturated heterocycles. The summed E-state index contributed by atoms with van der Waals surface area (Å²) in [6, 6.07) is 5.77. The Morgan fingerprint density at radius 3 is 2.95 bits per heavy atom. The van der Waals surface area contributed by atoms with Crippen molar-refractivity contribution in [3.63, 3.8) is 0 Å². The van der Waals surface area contributed by atoms with E-state index in [9.17, 15) is 9.59 Å². The number of nitrogens with one attached hydrogen (secondary N) is 1. The van der Waals surface area contributed by atoms with Crippen molar-refractivity contribution < 1.29 is 9.59 Å². The van der Waals surface area contributed by atoms with Crippen LogP contribution in [0.1, 0.15) is 30.4 Å². The number of carbonyl (C=O) groups is 2. The molecule has 0 saturated carbocycles. The molecule has 108 valence electrons. The van der Waals surface area contributed by atoms with Gasteiger partial charge in [0.2, 0.25) is 5.91 Å². The standard InChI is InChI=1S/C16H22N2O2/c1-12-6-5-8-15(13(12)2)17-16(20)10-18-9-4-3-7-14(18)11-19/h5-6,8,11,14H,3-4,7,9-10H2,1-2H3,(H,17,20). The molecule has 0 aliphatic carbocycles. The van der Waals surface area contributed by atoms with Gasteiger partial charge in [0.05, 0.1) is 12.6 Å². The number of hydrogen-bond donors (Lipinski definition) is 1. The lowest BCUT2D eigenvalue weighted by molar-refractivity contribution is -0.120. The molecule has 0 radical (unpaired) electrons. The lowest BCUT2D eigenvalue weighted by Crippen LogP contribution is -2.44. The van der Waals surface area contributed by atoms with Crippen molar-refractivity contribution in [3.05, 3.63) is 29.3 Å². The normalized spacial score (nSPS) is 19.6. The van der Waals surface area contributed by atoms with Gasteiger partial charge in [-0.2, -0.15) is 0 Å². The molecule has 1 aromatic carbocycles. The van der Waals surface area contributed by atoms with E-state index in [0.717, 1.165) is 48.9 Å². The van der Waals surface area contributed by atoms with Crippen LogP contribution >= 0.6 is 0 Å². The summed E-state index contributed by atoms with van der Waals surface area (Å²) in [5.41, 5.74) is 3.10. The van der Waals surface area contributed by atoms with Crippen LogP contribution in [0, 0.1) is 13.8 Å². The fourth-order valence-corrected chi connectivity index (χ4v) is 2.63. The van der Waals surface area contributed by atoms with Gasteiger partial charge in [-0.25, -0.2) is 0 Å². The van der Waals surface area contributed by atoms with Gasteiger partial charge < -0.3 is 10.1 Å². The molecule has 1 fully saturated rings. The number of amides is 1. The Balaban J connectivity index is 1.98. The molecule has 1 amide bonds. The van der Waals surface area contributed by atoms with Gasteiger partial charge >= 0.3 is 0 Å². The summed E-state index contributed by atoms with van der Waals surface area (Å²) in [5, 5.41) is 2.95. The first kappa shape index (κ1) is 14.7. The minimum absolute atomic E-state index is 0.0487. The van der Waals surface area contributed by atoms with E-state index in [1.54, 1.807) is 0 Å². The average molecular weight is 274 g/mol. The first-order valence-electron chi connectivity index (χ1n) is 7.17. The smallest absolute Gasteiger partial charge is 0.238 e. The van der Waals surface area contributed by atoms with Crippen molar-refractivity contribution in [1.29, 1.82) is 0 Å². The first-order valence-corrected chi connectivity index (χ1v) is 7.17. The van der Waals surface area contributed by atoms with Crippen LogP contribution in [0.4, 0.5) is 5.69 Å². The third kappa shape index (κ3) is 3.45. The Morgan fingerprint density at radius 2 is 2.20 bits per heavy atom. The second kappa shape index (κ2) is 6.66. The molecule has 0 bridgehead atoms. The quantitative estimate of drug-likeness (QED) is 0.857. The van der Waals surface area contributed by atoms with Crippen molar-refractivity contribution in [3.8, 4) is 0 Å². The predicted molar refractivity (Wildman–Crippen MR) is 79.8 cm³/mol. The van der Waals surface area contributed by atoms with Crippen molar-refractivity contribution >= 4 is 17.9 Å². The lowest BCUT2D eigenvalue weighted by atomic mass is 10.0. The molecule has 1 aliphatic rings. The van der Waals surface area contributed by atoms with Crippen molar-refractivity contribution in [1.82, 2.24) is 4.90 Å². The monoisotopic (exact) mass is 274 g/mol. The van der Waals surface area contributed by atoms with E-state index in [1.807, 2.05) is 36.9 Å². The molecular weight excluding hydrogens is 252 g/mol. The molecular formula is C16H22N2O2. The van der Waals surface area contributed by atoms with Gasteiger partial charge in [-0.05, 0) is 50.4 Å². The molecule has 1 aliphatic heterocycles. The van der Waals surface area contributed by atoms with Crippen LogP contribution in [0.2, 0.25) is 0 Å². The zero-order valence-electron chi connectivity index (χ0n) is 12.2. The zero-order valence-corrected chi connectivity index (χ0v) is 12.2. The minimum Gasteiger partial charge on any atom is -0.325 e. The van der Waals surface area contributed by atoms with Crippen molar-refractivity contribution in [2.24, 2.45) is 0 Å². The Kier molecular flexibility index (Phi) is 4.90. The van der Waals surface area contributed by atoms with E-state index in [0.29, 0.717) is 0 Å². The molecule has 0 spiro atoms. The highest BCUT2D eigenvalue weighted by Crippen LogP contribution is 2.19. The van der Waals surface area contributed by atoms with Gasteiger partial charge in [-0.3, -0.25) is 9.69 Å². The molecule has 1 aromatic rings. The number of benzene rings is 1. The SMILES string of the molecule is Cc1cccc(NC(=O)CN2CCCCC2C=O)c1C. The number of likely N-dealkylation sites (tertiary alicyclic amines) is 1. The molecule has 2 rings (SSSR count). The average Bonchev–Trinajstić information content (AvgIpc) is 2.44. The minimum atomic E-state index is -0.104. The maximum absolute atomic E-state index is 12.1. The number of carbonyl (C=O) groups excluding carboxylic acids is 2. The molecule has 1 unspecified atom stereocenters. The topological polar surface area (TPSA) is 49.4 Å². The number of aldehydes is 1. The Labute approximate surface area is 120 Å². The number of rotatable bonds is 4. The van der Waals surface area contributed by atoms with Gasteiger partial charge in [-0.1, -0.05) is 18.6 Å². The van der Waals surface area contributed by atoms with Gasteiger partial charge in [0.1, 0.15) is 6.29 Å². The largest absolute Gasteiger partial charge is 0.325 e. The van der Waals surface area contributed by atoms with Gasteiger partial charge in [-0.15, -0.1) is 0 Å². The highest BCUT2D eigenvalue weighted by atomic mass is 16.2. The summed E-state index contributed by atoms with van der Waals surface area (Å²) < 4.78 is 0. The van der Waals surface area contributed by atoms with Crippen LogP contribution in [0.15, 0.2) is 18.2 Å². The summed E-state index contributed by atoms with van der Waals surface area (Å²) >= 11 is 0. The summed E-state index contributed by atoms with van der Waals surface area (Å²) in [6.07, 6.45) is 3.95. The Hall–Kier alpha value is -1.68. The maximum atomic E-state index is 12.1. The molecule has 20 heavy (non-hydrogen) atoms. The van der Waals surface area contributed by atoms with Crippen molar-refractivity contribution in [2.75, 3.05) is 18.4 Å². The highest BCUT2D eigenvalue weighted by Gasteiger charge is 2.23. The summed E-state index contributed by atoms with van der Waals surface area (Å²) in [7, 11) is 0. The lowest BCUT2D eigenvalue weighted by Gasteiger charge is -2.31. The van der Waals surface area contributed by atoms with Crippen LogP contribution in [0.5, 0.6) is 0 Å². The van der Waals surface area contributed by atoms with E-state index in [4.69, 9.17) is 0 Å². The van der Waals surface area contributed by atoms with Gasteiger partial charge in [0.15, 0.2) is 0 Å². The van der Waals surface area contributed by atoms with E-state index in [-0.39, 0.29) is 18.5 Å². The highest BCUT2D eigenvalue weighted by molar-refractivity contribution is 5.93. The number of piperidine rings is 1. The third-order valence-corrected chi connectivity index (χ3v) is 4.05. The van der Waals surface area contributed by atoms with E-state index in [1.165, 1.54) is 0 Å². The summed E-state index contributed by atoms with van der Waals surface area (Å²) in [4.78, 5) is 25.1. The van der Waals surface area contributed by atoms with E-state index < -0.39 is 0 Å². The number of nitrogens with zero attached hydrogens (tertiary/aromatic N) is 1. The number of aryl methyl sites for hydroxylation is 1. The molecule has 1 N–H and O–H groups in total. The van der Waals surface area contributed by atoms with Crippen LogP contribution in [0.25, 0.3) is 0 Å². The van der Waals surface area contributed by atoms with Crippen LogP contribution in [0.3, 0.4) is 0 Å².